The Hall–Kier alpha value is -0.540. The van der Waals surface area contributed by atoms with Gasteiger partial charge >= 0.3 is 0 Å². The predicted octanol–water partition coefficient (Wildman–Crippen LogP) is 4.33. The molecular weight excluding hydrogens is 300 g/mol. The van der Waals surface area contributed by atoms with E-state index < -0.39 is 0 Å². The summed E-state index contributed by atoms with van der Waals surface area (Å²) >= 11 is 3.61. The topological polar surface area (TPSA) is 15.3 Å². The van der Waals surface area contributed by atoms with Crippen molar-refractivity contribution in [1.29, 1.82) is 0 Å². The molecule has 0 atom stereocenters. The van der Waals surface area contributed by atoms with Gasteiger partial charge in [-0.1, -0.05) is 22.0 Å². The molecule has 1 aromatic rings. The fraction of sp³-hybridized carbons (Fsp3) is 0.625. The van der Waals surface area contributed by atoms with Gasteiger partial charge in [-0.2, -0.15) is 0 Å². The van der Waals surface area contributed by atoms with E-state index in [-0.39, 0.29) is 5.54 Å². The van der Waals surface area contributed by atoms with Crippen LogP contribution in [0.2, 0.25) is 0 Å². The minimum absolute atomic E-state index is 0.159. The molecule has 19 heavy (non-hydrogen) atoms. The Balaban J connectivity index is 2.17. The van der Waals surface area contributed by atoms with Crippen LogP contribution in [0.5, 0.6) is 0 Å². The zero-order chi connectivity index (χ0) is 13.9. The van der Waals surface area contributed by atoms with Crippen molar-refractivity contribution in [2.24, 2.45) is 0 Å². The van der Waals surface area contributed by atoms with E-state index in [0.717, 1.165) is 6.54 Å². The Morgan fingerprint density at radius 1 is 1.16 bits per heavy atom. The van der Waals surface area contributed by atoms with Crippen LogP contribution in [-0.4, -0.2) is 18.6 Å². The normalized spacial score (nSPS) is 16.7. The van der Waals surface area contributed by atoms with E-state index >= 15 is 0 Å². The standard InChI is InChI=1S/C16H25BrN2/c1-16(2,3)18-12-13-7-8-14(17)11-15(13)19-9-5-4-6-10-19/h7-8,11,18H,4-6,9-10,12H2,1-3H3. The van der Waals surface area contributed by atoms with Gasteiger partial charge in [0.25, 0.3) is 0 Å². The third-order valence-corrected chi connectivity index (χ3v) is 4.05. The summed E-state index contributed by atoms with van der Waals surface area (Å²) < 4.78 is 1.17. The molecule has 0 radical (unpaired) electrons. The monoisotopic (exact) mass is 324 g/mol. The van der Waals surface area contributed by atoms with Crippen molar-refractivity contribution in [1.82, 2.24) is 5.32 Å². The molecule has 1 aliphatic heterocycles. The number of hydrogen-bond donors (Lipinski definition) is 1. The lowest BCUT2D eigenvalue weighted by Crippen LogP contribution is -2.36. The average Bonchev–Trinajstić information content (AvgIpc) is 2.37. The minimum atomic E-state index is 0.159. The largest absolute Gasteiger partial charge is 0.371 e. The fourth-order valence-electron chi connectivity index (χ4n) is 2.48. The van der Waals surface area contributed by atoms with E-state index in [2.05, 4.69) is 65.1 Å². The molecule has 0 aromatic heterocycles. The van der Waals surface area contributed by atoms with Gasteiger partial charge in [-0.3, -0.25) is 0 Å². The summed E-state index contributed by atoms with van der Waals surface area (Å²) in [6.45, 7) is 9.96. The highest BCUT2D eigenvalue weighted by atomic mass is 79.9. The first-order valence-corrected chi connectivity index (χ1v) is 8.03. The number of halogens is 1. The minimum Gasteiger partial charge on any atom is -0.371 e. The summed E-state index contributed by atoms with van der Waals surface area (Å²) in [4.78, 5) is 2.54. The first-order valence-electron chi connectivity index (χ1n) is 7.24. The van der Waals surface area contributed by atoms with Crippen LogP contribution in [0.25, 0.3) is 0 Å². The first-order chi connectivity index (χ1) is 8.96. The number of hydrogen-bond acceptors (Lipinski definition) is 2. The molecule has 1 aliphatic rings. The lowest BCUT2D eigenvalue weighted by Gasteiger charge is -2.31. The number of piperidine rings is 1. The molecule has 0 saturated carbocycles. The first kappa shape index (κ1) is 14.9. The summed E-state index contributed by atoms with van der Waals surface area (Å²) in [7, 11) is 0. The Morgan fingerprint density at radius 3 is 2.47 bits per heavy atom. The summed E-state index contributed by atoms with van der Waals surface area (Å²) in [5, 5.41) is 3.60. The molecular formula is C16H25BrN2. The smallest absolute Gasteiger partial charge is 0.0423 e. The van der Waals surface area contributed by atoms with E-state index in [1.807, 2.05) is 0 Å². The number of nitrogens with zero attached hydrogens (tertiary/aromatic N) is 1. The summed E-state index contributed by atoms with van der Waals surface area (Å²) in [5.41, 5.74) is 2.96. The second kappa shape index (κ2) is 6.27. The van der Waals surface area contributed by atoms with Gasteiger partial charge in [0.15, 0.2) is 0 Å². The second-order valence-corrected chi connectivity index (χ2v) is 7.34. The molecule has 3 heteroatoms. The molecule has 1 heterocycles. The number of rotatable bonds is 3. The fourth-order valence-corrected chi connectivity index (χ4v) is 2.83. The van der Waals surface area contributed by atoms with E-state index in [1.54, 1.807) is 0 Å². The Bertz CT molecular complexity index is 417. The molecule has 0 spiro atoms. The second-order valence-electron chi connectivity index (χ2n) is 6.42. The number of anilines is 1. The van der Waals surface area contributed by atoms with Crippen LogP contribution < -0.4 is 10.2 Å². The van der Waals surface area contributed by atoms with Crippen molar-refractivity contribution in [3.05, 3.63) is 28.2 Å². The van der Waals surface area contributed by atoms with Gasteiger partial charge in [-0.25, -0.2) is 0 Å². The van der Waals surface area contributed by atoms with Crippen molar-refractivity contribution in [3.8, 4) is 0 Å². The van der Waals surface area contributed by atoms with Gasteiger partial charge in [0.2, 0.25) is 0 Å². The Morgan fingerprint density at radius 2 is 1.84 bits per heavy atom. The summed E-state index contributed by atoms with van der Waals surface area (Å²) in [6.07, 6.45) is 4.01. The van der Waals surface area contributed by atoms with Crippen molar-refractivity contribution < 1.29 is 0 Å². The van der Waals surface area contributed by atoms with Crippen LogP contribution in [0.3, 0.4) is 0 Å². The van der Waals surface area contributed by atoms with E-state index in [9.17, 15) is 0 Å². The highest BCUT2D eigenvalue weighted by Crippen LogP contribution is 2.28. The van der Waals surface area contributed by atoms with E-state index in [1.165, 1.54) is 48.1 Å². The maximum Gasteiger partial charge on any atom is 0.0423 e. The third kappa shape index (κ3) is 4.50. The quantitative estimate of drug-likeness (QED) is 0.890. The lowest BCUT2D eigenvalue weighted by atomic mass is 10.1. The van der Waals surface area contributed by atoms with Crippen LogP contribution in [0.4, 0.5) is 5.69 Å². The molecule has 1 aromatic carbocycles. The van der Waals surface area contributed by atoms with E-state index in [0.29, 0.717) is 0 Å². The van der Waals surface area contributed by atoms with Gasteiger partial charge in [0.1, 0.15) is 0 Å². The van der Waals surface area contributed by atoms with Crippen LogP contribution in [0.1, 0.15) is 45.6 Å². The number of benzene rings is 1. The molecule has 0 unspecified atom stereocenters. The maximum atomic E-state index is 3.61. The third-order valence-electron chi connectivity index (χ3n) is 3.55. The molecule has 0 amide bonds. The van der Waals surface area contributed by atoms with Crippen LogP contribution in [-0.2, 0) is 6.54 Å². The Labute approximate surface area is 125 Å². The molecule has 106 valence electrons. The molecule has 2 nitrogen and oxygen atoms in total. The Kier molecular flexibility index (Phi) is 4.91. The molecule has 1 saturated heterocycles. The summed E-state index contributed by atoms with van der Waals surface area (Å²) in [5.74, 6) is 0. The van der Waals surface area contributed by atoms with Gasteiger partial charge in [0.05, 0.1) is 0 Å². The van der Waals surface area contributed by atoms with Crippen LogP contribution in [0.15, 0.2) is 22.7 Å². The van der Waals surface area contributed by atoms with Crippen LogP contribution >= 0.6 is 15.9 Å². The van der Waals surface area contributed by atoms with E-state index in [4.69, 9.17) is 0 Å². The van der Waals surface area contributed by atoms with Gasteiger partial charge < -0.3 is 10.2 Å². The zero-order valence-electron chi connectivity index (χ0n) is 12.3. The van der Waals surface area contributed by atoms with Crippen molar-refractivity contribution in [3.63, 3.8) is 0 Å². The molecule has 1 N–H and O–H groups in total. The predicted molar refractivity (Wildman–Crippen MR) is 86.8 cm³/mol. The highest BCUT2D eigenvalue weighted by Gasteiger charge is 2.16. The molecule has 1 fully saturated rings. The van der Waals surface area contributed by atoms with Crippen molar-refractivity contribution >= 4 is 21.6 Å². The SMILES string of the molecule is CC(C)(C)NCc1ccc(Br)cc1N1CCCCC1. The van der Waals surface area contributed by atoms with Crippen LogP contribution in [0, 0.1) is 0 Å². The summed E-state index contributed by atoms with van der Waals surface area (Å²) in [6, 6.07) is 6.66. The molecule has 0 bridgehead atoms. The lowest BCUT2D eigenvalue weighted by molar-refractivity contribution is 0.424. The van der Waals surface area contributed by atoms with Gasteiger partial charge in [-0.05, 0) is 57.7 Å². The zero-order valence-corrected chi connectivity index (χ0v) is 13.9. The van der Waals surface area contributed by atoms with Crippen molar-refractivity contribution in [2.45, 2.75) is 52.1 Å². The molecule has 0 aliphatic carbocycles. The molecule has 2 rings (SSSR count). The van der Waals surface area contributed by atoms with Gasteiger partial charge in [0, 0.05) is 35.3 Å². The number of nitrogens with one attached hydrogen (secondary N) is 1. The highest BCUT2D eigenvalue weighted by molar-refractivity contribution is 9.10. The average molecular weight is 325 g/mol. The van der Waals surface area contributed by atoms with Gasteiger partial charge in [-0.15, -0.1) is 0 Å². The van der Waals surface area contributed by atoms with Crippen molar-refractivity contribution in [2.75, 3.05) is 18.0 Å². The maximum absolute atomic E-state index is 3.61.